The minimum atomic E-state index is -4.78. The summed E-state index contributed by atoms with van der Waals surface area (Å²) in [6, 6.07) is 2.49. The Bertz CT molecular complexity index is 766. The third kappa shape index (κ3) is 4.50. The third-order valence-corrected chi connectivity index (χ3v) is 4.23. The van der Waals surface area contributed by atoms with E-state index in [1.54, 1.807) is 0 Å². The predicted octanol–water partition coefficient (Wildman–Crippen LogP) is 4.44. The topological polar surface area (TPSA) is 70.5 Å². The van der Waals surface area contributed by atoms with Gasteiger partial charge in [-0.2, -0.15) is 26.3 Å². The van der Waals surface area contributed by atoms with Gasteiger partial charge in [-0.25, -0.2) is 0 Å². The number of rotatable bonds is 5. The molecule has 28 heavy (non-hydrogen) atoms. The van der Waals surface area contributed by atoms with Gasteiger partial charge in [-0.05, 0) is 47.5 Å². The van der Waals surface area contributed by atoms with E-state index in [9.17, 15) is 26.3 Å². The maximum Gasteiger partial charge on any atom is 0.416 e. The van der Waals surface area contributed by atoms with E-state index in [0.717, 1.165) is 36.4 Å². The number of halogens is 6. The van der Waals surface area contributed by atoms with E-state index in [4.69, 9.17) is 20.9 Å². The monoisotopic (exact) mass is 408 g/mol. The van der Waals surface area contributed by atoms with Crippen molar-refractivity contribution >= 4 is 0 Å². The van der Waals surface area contributed by atoms with Gasteiger partial charge in [-0.15, -0.1) is 0 Å². The smallest absolute Gasteiger partial charge is 0.416 e. The number of hydrogen-bond acceptors (Lipinski definition) is 4. The summed E-state index contributed by atoms with van der Waals surface area (Å²) in [6.45, 7) is 0. The molecule has 0 saturated carbocycles. The molecule has 0 heterocycles. The Labute approximate surface area is 157 Å². The number of hydrogen-bond donors (Lipinski definition) is 2. The molecule has 0 aromatic heterocycles. The molecule has 2 unspecified atom stereocenters. The number of ether oxygens (including phenoxy) is 2. The van der Waals surface area contributed by atoms with Gasteiger partial charge in [0.25, 0.3) is 0 Å². The van der Waals surface area contributed by atoms with Gasteiger partial charge in [0.05, 0.1) is 25.3 Å². The van der Waals surface area contributed by atoms with Crippen molar-refractivity contribution < 1.29 is 35.8 Å². The van der Waals surface area contributed by atoms with E-state index in [-0.39, 0.29) is 11.5 Å². The molecule has 0 radical (unpaired) electrons. The third-order valence-electron chi connectivity index (χ3n) is 4.23. The first-order valence-electron chi connectivity index (χ1n) is 7.91. The fraction of sp³-hybridized carbons (Fsp3) is 0.333. The predicted molar refractivity (Wildman–Crippen MR) is 89.8 cm³/mol. The molecule has 2 rings (SSSR count). The molecule has 0 bridgehead atoms. The lowest BCUT2D eigenvalue weighted by Gasteiger charge is -2.27. The maximum absolute atomic E-state index is 13.4. The number of benzene rings is 2. The van der Waals surface area contributed by atoms with Crippen molar-refractivity contribution in [3.05, 3.63) is 58.7 Å². The molecular weight excluding hydrogens is 390 g/mol. The first-order valence-corrected chi connectivity index (χ1v) is 7.91. The van der Waals surface area contributed by atoms with Crippen molar-refractivity contribution in [3.63, 3.8) is 0 Å². The van der Waals surface area contributed by atoms with Crippen molar-refractivity contribution in [1.29, 1.82) is 0 Å². The molecule has 0 fully saturated rings. The number of methoxy groups -OCH3 is 2. The summed E-state index contributed by atoms with van der Waals surface area (Å²) in [6.07, 6.45) is -9.56. The second-order valence-corrected chi connectivity index (χ2v) is 5.95. The Hall–Kier alpha value is -2.46. The molecule has 0 amide bonds. The molecule has 2 aromatic rings. The summed E-state index contributed by atoms with van der Waals surface area (Å²) in [5, 5.41) is 0. The SMILES string of the molecule is COc1ccc(C(F)(F)F)c(C(N)C(N)c2cc(OC)ccc2C(F)(F)F)c1. The maximum atomic E-state index is 13.4. The largest absolute Gasteiger partial charge is 0.497 e. The fourth-order valence-corrected chi connectivity index (χ4v) is 2.79. The van der Waals surface area contributed by atoms with Gasteiger partial charge in [0, 0.05) is 12.1 Å². The van der Waals surface area contributed by atoms with Crippen LogP contribution in [0, 0.1) is 0 Å². The summed E-state index contributed by atoms with van der Waals surface area (Å²) in [4.78, 5) is 0. The van der Waals surface area contributed by atoms with Crippen LogP contribution in [0.1, 0.15) is 34.3 Å². The highest BCUT2D eigenvalue weighted by Gasteiger charge is 2.39. The van der Waals surface area contributed by atoms with Crippen LogP contribution < -0.4 is 20.9 Å². The van der Waals surface area contributed by atoms with Crippen LogP contribution >= 0.6 is 0 Å². The molecule has 0 saturated heterocycles. The summed E-state index contributed by atoms with van der Waals surface area (Å²) >= 11 is 0. The van der Waals surface area contributed by atoms with Gasteiger partial charge in [-0.3, -0.25) is 0 Å². The summed E-state index contributed by atoms with van der Waals surface area (Å²) in [7, 11) is 2.48. The van der Waals surface area contributed by atoms with Gasteiger partial charge in [-0.1, -0.05) is 0 Å². The minimum Gasteiger partial charge on any atom is -0.497 e. The average molecular weight is 408 g/mol. The van der Waals surface area contributed by atoms with E-state index in [1.807, 2.05) is 0 Å². The molecular formula is C18H18F6N2O2. The molecule has 4 N–H and O–H groups in total. The van der Waals surface area contributed by atoms with Crippen LogP contribution in [0.2, 0.25) is 0 Å². The highest BCUT2D eigenvalue weighted by atomic mass is 19.4. The second-order valence-electron chi connectivity index (χ2n) is 5.95. The lowest BCUT2D eigenvalue weighted by molar-refractivity contribution is -0.139. The molecule has 0 aliphatic heterocycles. The van der Waals surface area contributed by atoms with E-state index in [2.05, 4.69) is 0 Å². The normalized spacial score (nSPS) is 14.5. The molecule has 0 aliphatic rings. The van der Waals surface area contributed by atoms with Gasteiger partial charge < -0.3 is 20.9 Å². The Balaban J connectivity index is 2.61. The number of nitrogens with two attached hydrogens (primary N) is 2. The van der Waals surface area contributed by atoms with Crippen LogP contribution in [-0.4, -0.2) is 14.2 Å². The van der Waals surface area contributed by atoms with Crippen LogP contribution in [0.3, 0.4) is 0 Å². The molecule has 10 heteroatoms. The van der Waals surface area contributed by atoms with Crippen LogP contribution in [0.5, 0.6) is 11.5 Å². The Kier molecular flexibility index (Phi) is 6.15. The van der Waals surface area contributed by atoms with Crippen LogP contribution in [0.15, 0.2) is 36.4 Å². The van der Waals surface area contributed by atoms with Crippen molar-refractivity contribution in [3.8, 4) is 11.5 Å². The molecule has 0 aliphatic carbocycles. The molecule has 2 aromatic carbocycles. The zero-order chi connectivity index (χ0) is 21.3. The Morgan fingerprint density at radius 1 is 0.679 bits per heavy atom. The van der Waals surface area contributed by atoms with Crippen molar-refractivity contribution in [2.75, 3.05) is 14.2 Å². The average Bonchev–Trinajstić information content (AvgIpc) is 2.64. The minimum absolute atomic E-state index is 0.0623. The van der Waals surface area contributed by atoms with Gasteiger partial charge in [0.15, 0.2) is 0 Å². The Morgan fingerprint density at radius 3 is 1.25 bits per heavy atom. The lowest BCUT2D eigenvalue weighted by atomic mass is 9.88. The highest BCUT2D eigenvalue weighted by Crippen LogP contribution is 2.42. The zero-order valence-corrected chi connectivity index (χ0v) is 14.9. The molecule has 4 nitrogen and oxygen atoms in total. The van der Waals surface area contributed by atoms with E-state index in [0.29, 0.717) is 0 Å². The fourth-order valence-electron chi connectivity index (χ4n) is 2.79. The van der Waals surface area contributed by atoms with Crippen LogP contribution in [-0.2, 0) is 12.4 Å². The van der Waals surface area contributed by atoms with Crippen LogP contribution in [0.4, 0.5) is 26.3 Å². The van der Waals surface area contributed by atoms with E-state index in [1.165, 1.54) is 14.2 Å². The summed E-state index contributed by atoms with van der Waals surface area (Å²) in [5.74, 6) is 0.125. The zero-order valence-electron chi connectivity index (χ0n) is 14.9. The van der Waals surface area contributed by atoms with E-state index < -0.39 is 46.7 Å². The van der Waals surface area contributed by atoms with Gasteiger partial charge >= 0.3 is 12.4 Å². The standard InChI is InChI=1S/C18H18F6N2O2/c1-27-9-3-5-13(17(19,20)21)11(7-9)15(25)16(26)12-8-10(28-2)4-6-14(12)18(22,23)24/h3-8,15-16H,25-26H2,1-2H3. The Morgan fingerprint density at radius 2 is 1.00 bits per heavy atom. The first-order chi connectivity index (χ1) is 12.9. The summed E-state index contributed by atoms with van der Waals surface area (Å²) in [5.41, 5.74) is 8.65. The number of alkyl halides is 6. The molecule has 2 atom stereocenters. The quantitative estimate of drug-likeness (QED) is 0.718. The van der Waals surface area contributed by atoms with Crippen molar-refractivity contribution in [2.24, 2.45) is 11.5 Å². The molecule has 154 valence electrons. The lowest BCUT2D eigenvalue weighted by Crippen LogP contribution is -2.30. The summed E-state index contributed by atoms with van der Waals surface area (Å²) < 4.78 is 90.0. The van der Waals surface area contributed by atoms with Gasteiger partial charge in [0.2, 0.25) is 0 Å². The first kappa shape index (κ1) is 21.8. The van der Waals surface area contributed by atoms with Crippen LogP contribution in [0.25, 0.3) is 0 Å². The van der Waals surface area contributed by atoms with Crippen molar-refractivity contribution in [2.45, 2.75) is 24.4 Å². The highest BCUT2D eigenvalue weighted by molar-refractivity contribution is 5.44. The van der Waals surface area contributed by atoms with Crippen molar-refractivity contribution in [1.82, 2.24) is 0 Å². The molecule has 0 spiro atoms. The second kappa shape index (κ2) is 7.88. The van der Waals surface area contributed by atoms with Gasteiger partial charge in [0.1, 0.15) is 11.5 Å². The van der Waals surface area contributed by atoms with E-state index >= 15 is 0 Å².